The first-order valence-electron chi connectivity index (χ1n) is 6.16. The average Bonchev–Trinajstić information content (AvgIpc) is 2.48. The van der Waals surface area contributed by atoms with E-state index < -0.39 is 10.0 Å². The maximum Gasteiger partial charge on any atom is 0.263 e. The van der Waals surface area contributed by atoms with Crippen LogP contribution in [0, 0.1) is 18.8 Å². The highest BCUT2D eigenvalue weighted by atomic mass is 32.2. The second-order valence-corrected chi connectivity index (χ2v) is 5.97. The summed E-state index contributed by atoms with van der Waals surface area (Å²) in [7, 11) is -3.73. The van der Waals surface area contributed by atoms with Crippen LogP contribution in [0.25, 0.3) is 0 Å². The van der Waals surface area contributed by atoms with Gasteiger partial charge in [0.25, 0.3) is 10.0 Å². The average molecular weight is 302 g/mol. The number of nitrogens with one attached hydrogen (secondary N) is 1. The molecule has 0 aliphatic carbocycles. The summed E-state index contributed by atoms with van der Waals surface area (Å²) in [5.41, 5.74) is 1.77. The standard InChI is InChI=1S/C15H14N2O3S/c1-12-5-2-3-7-15(12)17-21(19,20)14-9-13(6-4-8-18)10-16-11-14/h2-3,5,7,9-11,17-18H,8H2,1H3. The van der Waals surface area contributed by atoms with Crippen LogP contribution in [0.3, 0.4) is 0 Å². The van der Waals surface area contributed by atoms with Crippen molar-refractivity contribution in [3.8, 4) is 11.8 Å². The molecule has 0 radical (unpaired) electrons. The molecule has 6 heteroatoms. The van der Waals surface area contributed by atoms with Crippen LogP contribution in [0.1, 0.15) is 11.1 Å². The Kier molecular flexibility index (Phi) is 4.58. The predicted octanol–water partition coefficient (Wildman–Crippen LogP) is 1.53. The smallest absolute Gasteiger partial charge is 0.263 e. The van der Waals surface area contributed by atoms with E-state index in [4.69, 9.17) is 5.11 Å². The van der Waals surface area contributed by atoms with Crippen LogP contribution in [0.15, 0.2) is 47.6 Å². The lowest BCUT2D eigenvalue weighted by molar-refractivity contribution is 0.350. The molecular weight excluding hydrogens is 288 g/mol. The number of aromatic nitrogens is 1. The van der Waals surface area contributed by atoms with Gasteiger partial charge in [0, 0.05) is 18.0 Å². The molecule has 1 aromatic heterocycles. The van der Waals surface area contributed by atoms with Gasteiger partial charge in [-0.2, -0.15) is 0 Å². The molecule has 0 unspecified atom stereocenters. The first-order valence-corrected chi connectivity index (χ1v) is 7.64. The van der Waals surface area contributed by atoms with Gasteiger partial charge in [-0.15, -0.1) is 0 Å². The predicted molar refractivity (Wildman–Crippen MR) is 80.2 cm³/mol. The van der Waals surface area contributed by atoms with Crippen molar-refractivity contribution in [1.82, 2.24) is 4.98 Å². The van der Waals surface area contributed by atoms with E-state index in [1.165, 1.54) is 18.5 Å². The molecule has 2 rings (SSSR count). The highest BCUT2D eigenvalue weighted by Gasteiger charge is 2.15. The van der Waals surface area contributed by atoms with Crippen molar-refractivity contribution in [3.63, 3.8) is 0 Å². The molecule has 0 amide bonds. The number of hydrogen-bond donors (Lipinski definition) is 2. The third-order valence-electron chi connectivity index (χ3n) is 2.72. The quantitative estimate of drug-likeness (QED) is 0.843. The maximum absolute atomic E-state index is 12.3. The largest absolute Gasteiger partial charge is 0.384 e. The Hall–Kier alpha value is -2.36. The summed E-state index contributed by atoms with van der Waals surface area (Å²) < 4.78 is 27.2. The number of pyridine rings is 1. The Labute approximate surface area is 123 Å². The van der Waals surface area contributed by atoms with Crippen molar-refractivity contribution in [2.24, 2.45) is 0 Å². The summed E-state index contributed by atoms with van der Waals surface area (Å²) in [6.45, 7) is 1.53. The van der Waals surface area contributed by atoms with Gasteiger partial charge >= 0.3 is 0 Å². The Morgan fingerprint density at radius 3 is 2.76 bits per heavy atom. The van der Waals surface area contributed by atoms with Crippen molar-refractivity contribution in [2.75, 3.05) is 11.3 Å². The van der Waals surface area contributed by atoms with E-state index in [9.17, 15) is 8.42 Å². The number of aliphatic hydroxyl groups excluding tert-OH is 1. The second-order valence-electron chi connectivity index (χ2n) is 4.29. The first-order chi connectivity index (χ1) is 10.0. The van der Waals surface area contributed by atoms with Crippen LogP contribution in [0.2, 0.25) is 0 Å². The van der Waals surface area contributed by atoms with Gasteiger partial charge in [0.2, 0.25) is 0 Å². The molecule has 0 bridgehead atoms. The summed E-state index contributed by atoms with van der Waals surface area (Å²) >= 11 is 0. The fourth-order valence-corrected chi connectivity index (χ4v) is 2.78. The Bertz CT molecular complexity index is 805. The molecule has 0 aliphatic rings. The molecule has 0 saturated heterocycles. The zero-order valence-corrected chi connectivity index (χ0v) is 12.2. The molecule has 2 N–H and O–H groups in total. The number of nitrogens with zero attached hydrogens (tertiary/aromatic N) is 1. The van der Waals surface area contributed by atoms with Crippen molar-refractivity contribution < 1.29 is 13.5 Å². The van der Waals surface area contributed by atoms with Crippen molar-refractivity contribution in [2.45, 2.75) is 11.8 Å². The summed E-state index contributed by atoms with van der Waals surface area (Å²) in [5, 5.41) is 8.66. The molecule has 0 spiro atoms. The number of rotatable bonds is 3. The fraction of sp³-hybridized carbons (Fsp3) is 0.133. The van der Waals surface area contributed by atoms with Crippen LogP contribution < -0.4 is 4.72 Å². The summed E-state index contributed by atoms with van der Waals surface area (Å²) in [5.74, 6) is 5.08. The molecule has 21 heavy (non-hydrogen) atoms. The van der Waals surface area contributed by atoms with Crippen molar-refractivity contribution in [1.29, 1.82) is 0 Å². The minimum absolute atomic E-state index is 0.0236. The Balaban J connectivity index is 2.34. The SMILES string of the molecule is Cc1ccccc1NS(=O)(=O)c1cncc(C#CCO)c1. The van der Waals surface area contributed by atoms with Gasteiger partial charge in [0.05, 0.1) is 5.69 Å². The molecule has 1 heterocycles. The van der Waals surface area contributed by atoms with Gasteiger partial charge in [-0.25, -0.2) is 8.42 Å². The van der Waals surface area contributed by atoms with Gasteiger partial charge in [-0.1, -0.05) is 30.0 Å². The topological polar surface area (TPSA) is 79.3 Å². The highest BCUT2D eigenvalue weighted by Crippen LogP contribution is 2.19. The summed E-state index contributed by atoms with van der Waals surface area (Å²) in [6.07, 6.45) is 2.69. The van der Waals surface area contributed by atoms with E-state index in [0.29, 0.717) is 11.3 Å². The third kappa shape index (κ3) is 3.81. The van der Waals surface area contributed by atoms with E-state index in [0.717, 1.165) is 5.56 Å². The highest BCUT2D eigenvalue weighted by molar-refractivity contribution is 7.92. The lowest BCUT2D eigenvalue weighted by Gasteiger charge is -2.10. The molecule has 0 aliphatic heterocycles. The number of aryl methyl sites for hydroxylation is 1. The van der Waals surface area contributed by atoms with Crippen LogP contribution >= 0.6 is 0 Å². The third-order valence-corrected chi connectivity index (χ3v) is 4.06. The zero-order chi connectivity index (χ0) is 15.3. The number of benzene rings is 1. The van der Waals surface area contributed by atoms with E-state index in [1.807, 2.05) is 19.1 Å². The Morgan fingerprint density at radius 2 is 2.05 bits per heavy atom. The van der Waals surface area contributed by atoms with Crippen LogP contribution in [-0.4, -0.2) is 25.1 Å². The molecule has 5 nitrogen and oxygen atoms in total. The minimum atomic E-state index is -3.73. The van der Waals surface area contributed by atoms with Gasteiger partial charge in [0.15, 0.2) is 0 Å². The van der Waals surface area contributed by atoms with Crippen LogP contribution in [-0.2, 0) is 10.0 Å². The molecule has 0 fully saturated rings. The van der Waals surface area contributed by atoms with Crippen molar-refractivity contribution in [3.05, 3.63) is 53.9 Å². The van der Waals surface area contributed by atoms with Gasteiger partial charge in [0.1, 0.15) is 11.5 Å². The molecule has 2 aromatic rings. The number of hydrogen-bond acceptors (Lipinski definition) is 4. The molecule has 0 saturated carbocycles. The molecule has 1 aromatic carbocycles. The van der Waals surface area contributed by atoms with Crippen LogP contribution in [0.4, 0.5) is 5.69 Å². The van der Waals surface area contributed by atoms with E-state index >= 15 is 0 Å². The molecular formula is C15H14N2O3S. The molecule has 0 atom stereocenters. The van der Waals surface area contributed by atoms with Crippen LogP contribution in [0.5, 0.6) is 0 Å². The Morgan fingerprint density at radius 1 is 1.29 bits per heavy atom. The summed E-state index contributed by atoms with van der Waals surface area (Å²) in [6, 6.07) is 8.51. The van der Waals surface area contributed by atoms with E-state index in [-0.39, 0.29) is 11.5 Å². The first kappa shape index (κ1) is 15.0. The van der Waals surface area contributed by atoms with E-state index in [2.05, 4.69) is 21.5 Å². The maximum atomic E-state index is 12.3. The lowest BCUT2D eigenvalue weighted by Crippen LogP contribution is -2.14. The van der Waals surface area contributed by atoms with Crippen molar-refractivity contribution >= 4 is 15.7 Å². The normalized spacial score (nSPS) is 10.6. The fourth-order valence-electron chi connectivity index (χ4n) is 1.67. The number of aliphatic hydroxyl groups is 1. The zero-order valence-electron chi connectivity index (χ0n) is 11.4. The van der Waals surface area contributed by atoms with Gasteiger partial charge in [-0.3, -0.25) is 9.71 Å². The number of anilines is 1. The molecule has 108 valence electrons. The second kappa shape index (κ2) is 6.39. The van der Waals surface area contributed by atoms with E-state index in [1.54, 1.807) is 12.1 Å². The van der Waals surface area contributed by atoms with Gasteiger partial charge < -0.3 is 5.11 Å². The summed E-state index contributed by atoms with van der Waals surface area (Å²) in [4.78, 5) is 3.89. The monoisotopic (exact) mass is 302 g/mol. The minimum Gasteiger partial charge on any atom is -0.384 e. The van der Waals surface area contributed by atoms with Gasteiger partial charge in [-0.05, 0) is 24.6 Å². The number of para-hydroxylation sites is 1. The number of sulfonamides is 1. The lowest BCUT2D eigenvalue weighted by atomic mass is 10.2.